The monoisotopic (exact) mass is 282 g/mol. The van der Waals surface area contributed by atoms with Crippen LogP contribution in [0.15, 0.2) is 12.4 Å². The van der Waals surface area contributed by atoms with E-state index >= 15 is 0 Å². The van der Waals surface area contributed by atoms with Gasteiger partial charge in [0.1, 0.15) is 0 Å². The summed E-state index contributed by atoms with van der Waals surface area (Å²) in [5.74, 6) is -1.14. The first-order chi connectivity index (χ1) is 9.47. The van der Waals surface area contributed by atoms with Crippen LogP contribution in [0.25, 0.3) is 0 Å². The number of carboxylic acids is 1. The second-order valence-electron chi connectivity index (χ2n) is 4.89. The van der Waals surface area contributed by atoms with Crippen LogP contribution in [-0.2, 0) is 11.8 Å². The van der Waals surface area contributed by atoms with Gasteiger partial charge in [-0.1, -0.05) is 0 Å². The molecule has 1 saturated heterocycles. The van der Waals surface area contributed by atoms with E-state index < -0.39 is 18.0 Å². The van der Waals surface area contributed by atoms with Crippen LogP contribution in [0.4, 0.5) is 4.79 Å². The molecule has 2 rings (SSSR count). The number of aliphatic carboxylic acids is 1. The molecule has 8 nitrogen and oxygen atoms in total. The number of piperidine rings is 1. The Hall–Kier alpha value is -2.09. The molecule has 0 aromatic carbocycles. The molecule has 1 fully saturated rings. The standard InChI is InChI=1S/C12H18N4O4/c1-15-7-8(6-13-15)10(11(18)19)14-12(20)16-4-2-9(17)3-5-16/h6-7,9-10,17H,2-5H2,1H3,(H,14,20)(H,18,19). The molecule has 1 unspecified atom stereocenters. The summed E-state index contributed by atoms with van der Waals surface area (Å²) in [6.45, 7) is 0.846. The van der Waals surface area contributed by atoms with Gasteiger partial charge in [0.25, 0.3) is 0 Å². The molecule has 0 aliphatic carbocycles. The molecular weight excluding hydrogens is 264 g/mol. The van der Waals surface area contributed by atoms with Gasteiger partial charge in [0, 0.05) is 31.9 Å². The first-order valence-corrected chi connectivity index (χ1v) is 6.42. The zero-order chi connectivity index (χ0) is 14.7. The van der Waals surface area contributed by atoms with E-state index in [0.717, 1.165) is 0 Å². The van der Waals surface area contributed by atoms with E-state index in [0.29, 0.717) is 31.5 Å². The van der Waals surface area contributed by atoms with E-state index in [2.05, 4.69) is 10.4 Å². The predicted molar refractivity (Wildman–Crippen MR) is 68.9 cm³/mol. The number of urea groups is 1. The van der Waals surface area contributed by atoms with Crippen molar-refractivity contribution < 1.29 is 19.8 Å². The predicted octanol–water partition coefficient (Wildman–Crippen LogP) is -0.288. The number of nitrogens with one attached hydrogen (secondary N) is 1. The van der Waals surface area contributed by atoms with Crippen molar-refractivity contribution in [2.24, 2.45) is 7.05 Å². The maximum Gasteiger partial charge on any atom is 0.331 e. The summed E-state index contributed by atoms with van der Waals surface area (Å²) < 4.78 is 1.48. The summed E-state index contributed by atoms with van der Waals surface area (Å²) >= 11 is 0. The Morgan fingerprint density at radius 1 is 1.45 bits per heavy atom. The van der Waals surface area contributed by atoms with Crippen LogP contribution in [-0.4, -0.2) is 56.1 Å². The van der Waals surface area contributed by atoms with Gasteiger partial charge in [-0.25, -0.2) is 9.59 Å². The number of hydrogen-bond donors (Lipinski definition) is 3. The molecule has 1 aliphatic rings. The average Bonchev–Trinajstić information content (AvgIpc) is 2.82. The first kappa shape index (κ1) is 14.3. The van der Waals surface area contributed by atoms with E-state index in [9.17, 15) is 19.8 Å². The molecule has 20 heavy (non-hydrogen) atoms. The number of aromatic nitrogens is 2. The van der Waals surface area contributed by atoms with Crippen molar-refractivity contribution in [3.8, 4) is 0 Å². The maximum absolute atomic E-state index is 12.0. The lowest BCUT2D eigenvalue weighted by Crippen LogP contribution is -2.47. The second kappa shape index (κ2) is 5.91. The normalized spacial score (nSPS) is 17.8. The molecule has 8 heteroatoms. The minimum atomic E-state index is -1.14. The summed E-state index contributed by atoms with van der Waals surface area (Å²) in [5, 5.41) is 25.0. The van der Waals surface area contributed by atoms with Crippen LogP contribution in [0.5, 0.6) is 0 Å². The maximum atomic E-state index is 12.0. The lowest BCUT2D eigenvalue weighted by atomic mass is 10.1. The number of rotatable bonds is 3. The molecule has 1 aromatic rings. The SMILES string of the molecule is Cn1cc(C(NC(=O)N2CCC(O)CC2)C(=O)O)cn1. The van der Waals surface area contributed by atoms with Crippen molar-refractivity contribution in [3.63, 3.8) is 0 Å². The number of amides is 2. The number of aliphatic hydroxyl groups is 1. The Morgan fingerprint density at radius 3 is 2.60 bits per heavy atom. The molecular formula is C12H18N4O4. The van der Waals surface area contributed by atoms with Crippen molar-refractivity contribution in [2.45, 2.75) is 25.0 Å². The minimum Gasteiger partial charge on any atom is -0.479 e. The van der Waals surface area contributed by atoms with E-state index in [-0.39, 0.29) is 6.10 Å². The highest BCUT2D eigenvalue weighted by Crippen LogP contribution is 2.15. The fraction of sp³-hybridized carbons (Fsp3) is 0.583. The van der Waals surface area contributed by atoms with Gasteiger partial charge in [-0.3, -0.25) is 4.68 Å². The molecule has 110 valence electrons. The lowest BCUT2D eigenvalue weighted by Gasteiger charge is -2.30. The van der Waals surface area contributed by atoms with Gasteiger partial charge in [0.05, 0.1) is 12.3 Å². The second-order valence-corrected chi connectivity index (χ2v) is 4.89. The van der Waals surface area contributed by atoms with Crippen molar-refractivity contribution >= 4 is 12.0 Å². The largest absolute Gasteiger partial charge is 0.479 e. The number of nitrogens with zero attached hydrogens (tertiary/aromatic N) is 3. The van der Waals surface area contributed by atoms with Gasteiger partial charge in [-0.2, -0.15) is 5.10 Å². The topological polar surface area (TPSA) is 108 Å². The number of hydrogen-bond acceptors (Lipinski definition) is 4. The van der Waals surface area contributed by atoms with Crippen LogP contribution in [0.3, 0.4) is 0 Å². The zero-order valence-electron chi connectivity index (χ0n) is 11.2. The fourth-order valence-electron chi connectivity index (χ4n) is 2.16. The third-order valence-corrected chi connectivity index (χ3v) is 3.32. The highest BCUT2D eigenvalue weighted by atomic mass is 16.4. The third kappa shape index (κ3) is 3.27. The number of aliphatic hydroxyl groups excluding tert-OH is 1. The van der Waals surface area contributed by atoms with Gasteiger partial charge < -0.3 is 20.4 Å². The molecule has 1 aliphatic heterocycles. The molecule has 0 saturated carbocycles. The van der Waals surface area contributed by atoms with Crippen molar-refractivity contribution in [1.82, 2.24) is 20.0 Å². The van der Waals surface area contributed by atoms with Crippen LogP contribution in [0.2, 0.25) is 0 Å². The van der Waals surface area contributed by atoms with Crippen LogP contribution in [0, 0.1) is 0 Å². The quantitative estimate of drug-likeness (QED) is 0.706. The zero-order valence-corrected chi connectivity index (χ0v) is 11.2. The van der Waals surface area contributed by atoms with E-state index in [1.165, 1.54) is 15.8 Å². The smallest absolute Gasteiger partial charge is 0.331 e. The molecule has 2 heterocycles. The summed E-state index contributed by atoms with van der Waals surface area (Å²) in [4.78, 5) is 24.8. The summed E-state index contributed by atoms with van der Waals surface area (Å²) in [6.07, 6.45) is 3.61. The van der Waals surface area contributed by atoms with Crippen LogP contribution in [0.1, 0.15) is 24.4 Å². The highest BCUT2D eigenvalue weighted by molar-refractivity contribution is 5.83. The van der Waals surface area contributed by atoms with E-state index in [4.69, 9.17) is 0 Å². The van der Waals surface area contributed by atoms with Gasteiger partial charge in [0.2, 0.25) is 0 Å². The van der Waals surface area contributed by atoms with Crippen molar-refractivity contribution in [3.05, 3.63) is 18.0 Å². The van der Waals surface area contributed by atoms with Crippen molar-refractivity contribution in [1.29, 1.82) is 0 Å². The first-order valence-electron chi connectivity index (χ1n) is 6.42. The molecule has 2 amide bonds. The molecule has 1 aromatic heterocycles. The Bertz CT molecular complexity index is 493. The lowest BCUT2D eigenvalue weighted by molar-refractivity contribution is -0.139. The third-order valence-electron chi connectivity index (χ3n) is 3.32. The van der Waals surface area contributed by atoms with Gasteiger partial charge in [0.15, 0.2) is 6.04 Å². The van der Waals surface area contributed by atoms with Gasteiger partial charge in [-0.05, 0) is 12.8 Å². The average molecular weight is 282 g/mol. The van der Waals surface area contributed by atoms with E-state index in [1.807, 2.05) is 0 Å². The minimum absolute atomic E-state index is 0.382. The highest BCUT2D eigenvalue weighted by Gasteiger charge is 2.27. The fourth-order valence-corrected chi connectivity index (χ4v) is 2.16. The molecule has 3 N–H and O–H groups in total. The summed E-state index contributed by atoms with van der Waals surface area (Å²) in [5.41, 5.74) is 0.422. The number of aryl methyl sites for hydroxylation is 1. The molecule has 0 radical (unpaired) electrons. The Morgan fingerprint density at radius 2 is 2.10 bits per heavy atom. The summed E-state index contributed by atoms with van der Waals surface area (Å²) in [6, 6.07) is -1.56. The van der Waals surface area contributed by atoms with Gasteiger partial charge >= 0.3 is 12.0 Å². The molecule has 1 atom stereocenters. The number of carboxylic acid groups (broad SMARTS) is 1. The Balaban J connectivity index is 2.01. The summed E-state index contributed by atoms with van der Waals surface area (Å²) in [7, 11) is 1.68. The number of carbonyl (C=O) groups is 2. The van der Waals surface area contributed by atoms with Crippen LogP contribution < -0.4 is 5.32 Å². The number of likely N-dealkylation sites (tertiary alicyclic amines) is 1. The van der Waals surface area contributed by atoms with E-state index in [1.54, 1.807) is 13.2 Å². The molecule has 0 spiro atoms. The Labute approximate surface area is 116 Å². The Kier molecular flexibility index (Phi) is 4.23. The van der Waals surface area contributed by atoms with Crippen molar-refractivity contribution in [2.75, 3.05) is 13.1 Å². The van der Waals surface area contributed by atoms with Crippen LogP contribution >= 0.6 is 0 Å². The van der Waals surface area contributed by atoms with Gasteiger partial charge in [-0.15, -0.1) is 0 Å². The number of carbonyl (C=O) groups excluding carboxylic acids is 1. The molecule has 0 bridgehead atoms.